The predicted molar refractivity (Wildman–Crippen MR) is 106 cm³/mol. The second-order valence-electron chi connectivity index (χ2n) is 7.37. The minimum absolute atomic E-state index is 0.341. The average Bonchev–Trinajstić information content (AvgIpc) is 3.17. The van der Waals surface area contributed by atoms with Crippen LogP contribution >= 0.6 is 12.1 Å². The fourth-order valence-corrected chi connectivity index (χ4v) is 4.89. The SMILES string of the molecule is CCN1CCN(CC(C)(O)Cn2c3ccc(F)cc3c3cc(F)ccc32)S1. The highest BCUT2D eigenvalue weighted by Gasteiger charge is 2.30. The van der Waals surface area contributed by atoms with Crippen LogP contribution in [0, 0.1) is 11.6 Å². The van der Waals surface area contributed by atoms with Crippen molar-refractivity contribution in [2.24, 2.45) is 0 Å². The molecule has 3 aromatic rings. The first kappa shape index (κ1) is 18.7. The van der Waals surface area contributed by atoms with Gasteiger partial charge in [0.15, 0.2) is 0 Å². The number of hydrogen-bond acceptors (Lipinski definition) is 4. The van der Waals surface area contributed by atoms with Crippen LogP contribution in [0.25, 0.3) is 21.8 Å². The molecule has 1 atom stereocenters. The molecular weight excluding hydrogens is 368 g/mol. The Labute approximate surface area is 161 Å². The fraction of sp³-hybridized carbons (Fsp3) is 0.400. The van der Waals surface area contributed by atoms with E-state index in [0.29, 0.717) is 23.9 Å². The van der Waals surface area contributed by atoms with Crippen molar-refractivity contribution in [1.29, 1.82) is 0 Å². The Morgan fingerprint density at radius 2 is 1.52 bits per heavy atom. The number of nitrogens with zero attached hydrogens (tertiary/aromatic N) is 3. The van der Waals surface area contributed by atoms with Crippen molar-refractivity contribution in [2.45, 2.75) is 26.0 Å². The van der Waals surface area contributed by atoms with Gasteiger partial charge in [0.25, 0.3) is 0 Å². The molecule has 2 aromatic carbocycles. The second kappa shape index (κ2) is 7.05. The maximum absolute atomic E-state index is 13.8. The van der Waals surface area contributed by atoms with Crippen LogP contribution in [-0.4, -0.2) is 50.1 Å². The van der Waals surface area contributed by atoms with Gasteiger partial charge in [0.1, 0.15) is 11.6 Å². The molecule has 4 rings (SSSR count). The van der Waals surface area contributed by atoms with Gasteiger partial charge >= 0.3 is 0 Å². The summed E-state index contributed by atoms with van der Waals surface area (Å²) in [5.74, 6) is -0.712. The second-order valence-corrected chi connectivity index (χ2v) is 8.57. The van der Waals surface area contributed by atoms with E-state index in [9.17, 15) is 13.9 Å². The number of benzene rings is 2. The maximum atomic E-state index is 13.8. The Morgan fingerprint density at radius 3 is 2.04 bits per heavy atom. The van der Waals surface area contributed by atoms with E-state index in [1.165, 1.54) is 24.3 Å². The van der Waals surface area contributed by atoms with Crippen molar-refractivity contribution in [3.63, 3.8) is 0 Å². The lowest BCUT2D eigenvalue weighted by Crippen LogP contribution is -2.40. The number of rotatable bonds is 5. The summed E-state index contributed by atoms with van der Waals surface area (Å²) in [4.78, 5) is 0. The molecule has 1 fully saturated rings. The molecule has 27 heavy (non-hydrogen) atoms. The lowest BCUT2D eigenvalue weighted by Gasteiger charge is -2.29. The highest BCUT2D eigenvalue weighted by Crippen LogP contribution is 2.32. The summed E-state index contributed by atoms with van der Waals surface area (Å²) in [6.07, 6.45) is 0. The molecule has 1 aliphatic rings. The molecule has 0 spiro atoms. The van der Waals surface area contributed by atoms with Gasteiger partial charge in [-0.05, 0) is 43.3 Å². The van der Waals surface area contributed by atoms with E-state index in [1.54, 1.807) is 24.3 Å². The van der Waals surface area contributed by atoms with Crippen molar-refractivity contribution in [2.75, 3.05) is 26.2 Å². The fourth-order valence-electron chi connectivity index (χ4n) is 3.78. The smallest absolute Gasteiger partial charge is 0.123 e. The summed E-state index contributed by atoms with van der Waals surface area (Å²) in [5, 5.41) is 12.4. The minimum atomic E-state index is -0.988. The van der Waals surface area contributed by atoms with Crippen molar-refractivity contribution in [3.8, 4) is 0 Å². The topological polar surface area (TPSA) is 31.6 Å². The third kappa shape index (κ3) is 3.69. The van der Waals surface area contributed by atoms with E-state index < -0.39 is 5.60 Å². The van der Waals surface area contributed by atoms with Crippen LogP contribution in [-0.2, 0) is 6.54 Å². The Balaban J connectivity index is 1.70. The highest BCUT2D eigenvalue weighted by atomic mass is 32.2. The van der Waals surface area contributed by atoms with E-state index in [4.69, 9.17) is 0 Å². The van der Waals surface area contributed by atoms with Gasteiger partial charge in [-0.2, -0.15) is 0 Å². The lowest BCUT2D eigenvalue weighted by molar-refractivity contribution is 0.0297. The summed E-state index contributed by atoms with van der Waals surface area (Å²) >= 11 is 1.66. The first-order valence-corrected chi connectivity index (χ1v) is 9.87. The number of hydrogen-bond donors (Lipinski definition) is 1. The molecule has 0 radical (unpaired) electrons. The van der Waals surface area contributed by atoms with Crippen LogP contribution in [0.4, 0.5) is 8.78 Å². The number of fused-ring (bicyclic) bond motifs is 3. The van der Waals surface area contributed by atoms with Crippen molar-refractivity contribution >= 4 is 33.9 Å². The molecule has 2 heterocycles. The Bertz CT molecular complexity index is 929. The molecule has 1 N–H and O–H groups in total. The van der Waals surface area contributed by atoms with Crippen LogP contribution < -0.4 is 0 Å². The largest absolute Gasteiger partial charge is 0.387 e. The van der Waals surface area contributed by atoms with Gasteiger partial charge in [0.2, 0.25) is 0 Å². The van der Waals surface area contributed by atoms with Gasteiger partial charge in [-0.25, -0.2) is 17.4 Å². The van der Waals surface area contributed by atoms with E-state index in [0.717, 1.165) is 30.7 Å². The first-order chi connectivity index (χ1) is 12.9. The van der Waals surface area contributed by atoms with Gasteiger partial charge in [0.05, 0.1) is 12.1 Å². The van der Waals surface area contributed by atoms with Gasteiger partial charge in [-0.1, -0.05) is 6.92 Å². The molecule has 1 saturated heterocycles. The summed E-state index contributed by atoms with van der Waals surface area (Å²) < 4.78 is 33.9. The number of halogens is 2. The predicted octanol–water partition coefficient (Wildman–Crippen LogP) is 4.02. The molecule has 4 nitrogen and oxygen atoms in total. The zero-order valence-electron chi connectivity index (χ0n) is 15.5. The number of aromatic nitrogens is 1. The van der Waals surface area contributed by atoms with Crippen LogP contribution in [0.1, 0.15) is 13.8 Å². The maximum Gasteiger partial charge on any atom is 0.123 e. The van der Waals surface area contributed by atoms with Gasteiger partial charge in [-0.3, -0.25) is 0 Å². The zero-order valence-corrected chi connectivity index (χ0v) is 16.3. The summed E-state index contributed by atoms with van der Waals surface area (Å²) in [7, 11) is 0. The molecule has 0 bridgehead atoms. The van der Waals surface area contributed by atoms with E-state index in [2.05, 4.69) is 15.5 Å². The molecule has 7 heteroatoms. The third-order valence-electron chi connectivity index (χ3n) is 4.99. The number of β-amino-alcohol motifs (C(OH)–C–C–N with tert-alkyl or cyclic N) is 1. The summed E-state index contributed by atoms with van der Waals surface area (Å²) in [5.41, 5.74) is 0.598. The van der Waals surface area contributed by atoms with Gasteiger partial charge < -0.3 is 9.67 Å². The van der Waals surface area contributed by atoms with Crippen LogP contribution in [0.2, 0.25) is 0 Å². The molecule has 1 unspecified atom stereocenters. The van der Waals surface area contributed by atoms with Crippen LogP contribution in [0.5, 0.6) is 0 Å². The molecule has 1 aromatic heterocycles. The molecule has 144 valence electrons. The minimum Gasteiger partial charge on any atom is -0.387 e. The Kier molecular flexibility index (Phi) is 4.88. The van der Waals surface area contributed by atoms with Crippen molar-refractivity contribution in [3.05, 3.63) is 48.0 Å². The molecule has 0 saturated carbocycles. The monoisotopic (exact) mass is 391 g/mol. The molecule has 0 aliphatic carbocycles. The number of aliphatic hydroxyl groups is 1. The normalized spacial score (nSPS) is 18.6. The number of likely N-dealkylation sites (N-methyl/N-ethyl adjacent to an activating group) is 1. The first-order valence-electron chi connectivity index (χ1n) is 9.14. The highest BCUT2D eigenvalue weighted by molar-refractivity contribution is 7.94. The zero-order chi connectivity index (χ0) is 19.2. The van der Waals surface area contributed by atoms with E-state index in [-0.39, 0.29) is 11.6 Å². The summed E-state index contributed by atoms with van der Waals surface area (Å²) in [6, 6.07) is 9.05. The third-order valence-corrected chi connectivity index (χ3v) is 6.20. The standard InChI is InChI=1S/C20H23F2N3OS/c1-3-23-8-9-24(27-23)12-20(2,26)13-25-18-6-4-14(21)10-16(18)17-11-15(22)5-7-19(17)25/h4-7,10-11,26H,3,8-9,12-13H2,1-2H3. The quantitative estimate of drug-likeness (QED) is 0.666. The summed E-state index contributed by atoms with van der Waals surface area (Å²) in [6.45, 7) is 7.62. The Hall–Kier alpha value is -1.67. The van der Waals surface area contributed by atoms with E-state index in [1.807, 2.05) is 11.5 Å². The van der Waals surface area contributed by atoms with Crippen molar-refractivity contribution in [1.82, 2.24) is 13.2 Å². The van der Waals surface area contributed by atoms with Crippen molar-refractivity contribution < 1.29 is 13.9 Å². The molecule has 1 aliphatic heterocycles. The molecular formula is C20H23F2N3OS. The van der Waals surface area contributed by atoms with Crippen LogP contribution in [0.3, 0.4) is 0 Å². The molecule has 0 amide bonds. The van der Waals surface area contributed by atoms with Gasteiger partial charge in [-0.15, -0.1) is 0 Å². The van der Waals surface area contributed by atoms with Crippen LogP contribution in [0.15, 0.2) is 36.4 Å². The van der Waals surface area contributed by atoms with E-state index >= 15 is 0 Å². The average molecular weight is 391 g/mol. The Morgan fingerprint density at radius 1 is 0.963 bits per heavy atom. The van der Waals surface area contributed by atoms with Gasteiger partial charge in [0, 0.05) is 60.1 Å². The lowest BCUT2D eigenvalue weighted by atomic mass is 10.1.